The number of hydrogen-bond donors (Lipinski definition) is 4. The zero-order chi connectivity index (χ0) is 24.9. The Morgan fingerprint density at radius 3 is 2.63 bits per heavy atom. The molecular formula is C19H10ClF3N8O3S. The summed E-state index contributed by atoms with van der Waals surface area (Å²) in [5, 5.41) is 10.9. The van der Waals surface area contributed by atoms with Crippen LogP contribution in [0.3, 0.4) is 0 Å². The highest BCUT2D eigenvalue weighted by atomic mass is 35.5. The van der Waals surface area contributed by atoms with Gasteiger partial charge in [0.15, 0.2) is 16.6 Å². The molecule has 4 N–H and O–H groups in total. The molecule has 4 aromatic heterocycles. The smallest absolute Gasteiger partial charge is 0.329 e. The third kappa shape index (κ3) is 4.00. The molecule has 0 aliphatic rings. The first-order valence-corrected chi connectivity index (χ1v) is 10.7. The Bertz CT molecular complexity index is 1710. The van der Waals surface area contributed by atoms with Crippen LogP contribution in [0.4, 0.5) is 18.3 Å². The molecule has 0 aliphatic carbocycles. The van der Waals surface area contributed by atoms with Crippen molar-refractivity contribution in [3.05, 3.63) is 73.1 Å². The van der Waals surface area contributed by atoms with Crippen LogP contribution in [-0.4, -0.2) is 40.8 Å². The van der Waals surface area contributed by atoms with E-state index in [4.69, 9.17) is 11.6 Å². The predicted molar refractivity (Wildman–Crippen MR) is 120 cm³/mol. The fourth-order valence-corrected chi connectivity index (χ4v) is 4.45. The Balaban J connectivity index is 1.56. The van der Waals surface area contributed by atoms with Crippen molar-refractivity contribution in [1.29, 1.82) is 0 Å². The van der Waals surface area contributed by atoms with Crippen molar-refractivity contribution in [1.82, 2.24) is 34.9 Å². The van der Waals surface area contributed by atoms with Crippen molar-refractivity contribution >= 4 is 44.7 Å². The normalized spacial score (nSPS) is 11.8. The number of H-pyrrole nitrogens is 3. The molecule has 0 spiro atoms. The molecule has 0 unspecified atom stereocenters. The second-order valence-corrected chi connectivity index (χ2v) is 8.57. The third-order valence-corrected chi connectivity index (χ3v) is 6.00. The van der Waals surface area contributed by atoms with Gasteiger partial charge >= 0.3 is 11.9 Å². The van der Waals surface area contributed by atoms with Gasteiger partial charge in [-0.05, 0) is 18.2 Å². The lowest BCUT2D eigenvalue weighted by atomic mass is 10.1. The summed E-state index contributed by atoms with van der Waals surface area (Å²) in [7, 11) is 0. The number of aromatic nitrogens is 7. The maximum atomic E-state index is 14.1. The van der Waals surface area contributed by atoms with E-state index in [-0.39, 0.29) is 37.4 Å². The van der Waals surface area contributed by atoms with Gasteiger partial charge in [-0.15, -0.1) is 0 Å². The number of aromatic amines is 3. The first kappa shape index (κ1) is 22.5. The van der Waals surface area contributed by atoms with Crippen LogP contribution in [0.5, 0.6) is 0 Å². The highest BCUT2D eigenvalue weighted by Gasteiger charge is 2.41. The number of nitrogens with zero attached hydrogens (tertiary/aromatic N) is 4. The molecule has 0 aliphatic heterocycles. The van der Waals surface area contributed by atoms with Gasteiger partial charge in [0.2, 0.25) is 0 Å². The van der Waals surface area contributed by atoms with Crippen LogP contribution < -0.4 is 16.6 Å². The van der Waals surface area contributed by atoms with Crippen LogP contribution in [-0.2, 0) is 6.18 Å². The average molecular weight is 523 g/mol. The summed E-state index contributed by atoms with van der Waals surface area (Å²) in [6.07, 6.45) is -2.91. The molecule has 0 saturated heterocycles. The topological polar surface area (TPSA) is 154 Å². The van der Waals surface area contributed by atoms with Gasteiger partial charge in [0.25, 0.3) is 11.5 Å². The molecule has 0 atom stereocenters. The molecule has 178 valence electrons. The van der Waals surface area contributed by atoms with E-state index in [0.717, 1.165) is 17.5 Å². The quantitative estimate of drug-likeness (QED) is 0.284. The lowest BCUT2D eigenvalue weighted by Crippen LogP contribution is -2.21. The molecule has 4 heterocycles. The first-order chi connectivity index (χ1) is 16.6. The summed E-state index contributed by atoms with van der Waals surface area (Å²) in [5.74, 6) is -1.15. The van der Waals surface area contributed by atoms with Gasteiger partial charge < -0.3 is 4.98 Å². The second-order valence-electron chi connectivity index (χ2n) is 6.97. The van der Waals surface area contributed by atoms with E-state index in [9.17, 15) is 27.6 Å². The fourth-order valence-electron chi connectivity index (χ4n) is 3.41. The monoisotopic (exact) mass is 522 g/mol. The highest BCUT2D eigenvalue weighted by molar-refractivity contribution is 7.20. The maximum absolute atomic E-state index is 14.1. The molecule has 5 rings (SSSR count). The van der Waals surface area contributed by atoms with Crippen molar-refractivity contribution in [2.45, 2.75) is 6.18 Å². The Morgan fingerprint density at radius 1 is 1.11 bits per heavy atom. The number of pyridine rings is 1. The molecule has 0 saturated carbocycles. The van der Waals surface area contributed by atoms with Crippen LogP contribution in [0.25, 0.3) is 28.0 Å². The minimum atomic E-state index is -4.98. The summed E-state index contributed by atoms with van der Waals surface area (Å²) in [5.41, 5.74) is -3.31. The van der Waals surface area contributed by atoms with Gasteiger partial charge in [0, 0.05) is 17.0 Å². The Hall–Kier alpha value is -4.24. The number of fused-ring (bicyclic) bond motifs is 1. The van der Waals surface area contributed by atoms with E-state index in [1.165, 1.54) is 30.5 Å². The van der Waals surface area contributed by atoms with Crippen molar-refractivity contribution < 1.29 is 18.0 Å². The molecule has 0 fully saturated rings. The minimum Gasteiger partial charge on any atom is -0.329 e. The van der Waals surface area contributed by atoms with Gasteiger partial charge in [-0.2, -0.15) is 23.3 Å². The van der Waals surface area contributed by atoms with Gasteiger partial charge in [0.05, 0.1) is 17.4 Å². The molecule has 11 nitrogen and oxygen atoms in total. The number of thiazole rings is 1. The van der Waals surface area contributed by atoms with Crippen molar-refractivity contribution in [2.75, 3.05) is 5.32 Å². The number of hydrogen-bond acceptors (Lipinski definition) is 7. The van der Waals surface area contributed by atoms with Crippen molar-refractivity contribution in [3.63, 3.8) is 0 Å². The van der Waals surface area contributed by atoms with E-state index < -0.39 is 34.6 Å². The number of halogens is 4. The Kier molecular flexibility index (Phi) is 5.29. The predicted octanol–water partition coefficient (Wildman–Crippen LogP) is 3.17. The maximum Gasteiger partial charge on any atom is 0.434 e. The molecule has 1 amide bonds. The van der Waals surface area contributed by atoms with Gasteiger partial charge in [-0.1, -0.05) is 29.0 Å². The number of benzene rings is 1. The molecule has 5 aromatic rings. The van der Waals surface area contributed by atoms with E-state index >= 15 is 0 Å². The average Bonchev–Trinajstić information content (AvgIpc) is 3.51. The molecular weight excluding hydrogens is 513 g/mol. The summed E-state index contributed by atoms with van der Waals surface area (Å²) in [6, 6.07) is 5.65. The number of carbonyl (C=O) groups is 1. The number of anilines is 1. The van der Waals surface area contributed by atoms with Gasteiger partial charge in [0.1, 0.15) is 10.0 Å². The van der Waals surface area contributed by atoms with E-state index in [1.54, 1.807) is 0 Å². The number of carbonyl (C=O) groups excluding carboxylic acids is 1. The lowest BCUT2D eigenvalue weighted by molar-refractivity contribution is -0.143. The molecule has 0 bridgehead atoms. The SMILES string of the molecule is O=C(Nc1nc(-c2nc(=O)[nH][nH]2)c(Cl)s1)c1cnn(-c2cccc3c(=O)[nH]ccc23)c1C(F)(F)F. The van der Waals surface area contributed by atoms with E-state index in [2.05, 4.69) is 35.6 Å². The number of nitrogens with one attached hydrogen (secondary N) is 4. The van der Waals surface area contributed by atoms with Crippen LogP contribution in [0.15, 0.2) is 46.2 Å². The molecule has 1 aromatic carbocycles. The second kappa shape index (κ2) is 8.21. The van der Waals surface area contributed by atoms with Crippen LogP contribution in [0.1, 0.15) is 16.1 Å². The molecule has 35 heavy (non-hydrogen) atoms. The number of alkyl halides is 3. The Morgan fingerprint density at radius 2 is 1.91 bits per heavy atom. The summed E-state index contributed by atoms with van der Waals surface area (Å²) < 4.78 is 42.9. The number of rotatable bonds is 4. The zero-order valence-corrected chi connectivity index (χ0v) is 18.5. The molecule has 0 radical (unpaired) electrons. The van der Waals surface area contributed by atoms with Crippen LogP contribution in [0, 0.1) is 0 Å². The molecule has 16 heteroatoms. The Labute approximate surface area is 199 Å². The minimum absolute atomic E-state index is 0.00788. The highest BCUT2D eigenvalue weighted by Crippen LogP contribution is 2.37. The van der Waals surface area contributed by atoms with E-state index in [0.29, 0.717) is 4.68 Å². The summed E-state index contributed by atoms with van der Waals surface area (Å²) in [6.45, 7) is 0. The summed E-state index contributed by atoms with van der Waals surface area (Å²) in [4.78, 5) is 46.2. The fraction of sp³-hybridized carbons (Fsp3) is 0.0526. The number of amides is 1. The van der Waals surface area contributed by atoms with Crippen molar-refractivity contribution in [2.24, 2.45) is 0 Å². The third-order valence-electron chi connectivity index (χ3n) is 4.83. The summed E-state index contributed by atoms with van der Waals surface area (Å²) >= 11 is 6.84. The lowest BCUT2D eigenvalue weighted by Gasteiger charge is -2.14. The first-order valence-electron chi connectivity index (χ1n) is 9.52. The van der Waals surface area contributed by atoms with Gasteiger partial charge in [-0.25, -0.2) is 19.6 Å². The van der Waals surface area contributed by atoms with Gasteiger partial charge in [-0.3, -0.25) is 20.0 Å². The largest absolute Gasteiger partial charge is 0.434 e. The standard InChI is InChI=1S/C19H10ClF3N8O3S/c20-13-11(14-27-17(34)30-29-14)26-18(35-13)28-16(33)9-6-25-31(12(9)19(21,22)23)10-3-1-2-8-7(10)4-5-24-15(8)32/h1-6H,(H,24,32)(H,26,28,33)(H2,27,29,30,34). The van der Waals surface area contributed by atoms with Crippen LogP contribution >= 0.6 is 22.9 Å². The van der Waals surface area contributed by atoms with Crippen molar-refractivity contribution in [3.8, 4) is 17.2 Å². The van der Waals surface area contributed by atoms with E-state index in [1.807, 2.05) is 0 Å². The zero-order valence-electron chi connectivity index (χ0n) is 16.9. The van der Waals surface area contributed by atoms with Crippen LogP contribution in [0.2, 0.25) is 4.34 Å².